The number of rotatable bonds is 2. The molecule has 5 nitrogen and oxygen atoms in total. The molecule has 2 atom stereocenters. The van der Waals surface area contributed by atoms with Gasteiger partial charge in [0.2, 0.25) is 0 Å². The average Bonchev–Trinajstić information content (AvgIpc) is 2.65. The number of nitrogens with zero attached hydrogens (tertiary/aromatic N) is 1. The Morgan fingerprint density at radius 3 is 2.29 bits per heavy atom. The fourth-order valence-corrected chi connectivity index (χ4v) is 3.14. The van der Waals surface area contributed by atoms with Gasteiger partial charge in [-0.3, -0.25) is 4.79 Å². The van der Waals surface area contributed by atoms with E-state index in [4.69, 9.17) is 4.74 Å². The van der Waals surface area contributed by atoms with E-state index < -0.39 is 5.60 Å². The summed E-state index contributed by atoms with van der Waals surface area (Å²) in [5, 5.41) is 0. The van der Waals surface area contributed by atoms with E-state index in [0.29, 0.717) is 6.42 Å². The lowest BCUT2D eigenvalue weighted by Crippen LogP contribution is -2.47. The van der Waals surface area contributed by atoms with Crippen LogP contribution in [-0.4, -0.2) is 41.8 Å². The summed E-state index contributed by atoms with van der Waals surface area (Å²) >= 11 is 0. The van der Waals surface area contributed by atoms with Crippen LogP contribution in [0.4, 0.5) is 4.79 Å². The number of piperidine rings is 1. The average molecular weight is 295 g/mol. The Hall–Kier alpha value is -1.52. The van der Waals surface area contributed by atoms with Crippen molar-refractivity contribution < 1.29 is 19.1 Å². The van der Waals surface area contributed by atoms with Gasteiger partial charge in [-0.1, -0.05) is 11.6 Å². The lowest BCUT2D eigenvalue weighted by molar-refractivity contribution is -0.139. The van der Waals surface area contributed by atoms with Gasteiger partial charge in [0.15, 0.2) is 0 Å². The Morgan fingerprint density at radius 1 is 1.24 bits per heavy atom. The van der Waals surface area contributed by atoms with Gasteiger partial charge >= 0.3 is 12.1 Å². The standard InChI is InChI=1S/C16H25NO4/c1-16(2,3)21-15(19)17-12-6-7-13(17)10-11(9-12)5-8-14(18)20-4/h5,12-13H,6-10H2,1-4H3. The first-order valence-electron chi connectivity index (χ1n) is 7.56. The molecule has 0 aliphatic carbocycles. The second-order valence-electron chi connectivity index (χ2n) is 6.82. The topological polar surface area (TPSA) is 55.8 Å². The second kappa shape index (κ2) is 6.08. The highest BCUT2D eigenvalue weighted by molar-refractivity contribution is 5.71. The van der Waals surface area contributed by atoms with Crippen LogP contribution in [0.5, 0.6) is 0 Å². The minimum atomic E-state index is -0.461. The molecule has 2 aliphatic heterocycles. The Morgan fingerprint density at radius 2 is 1.81 bits per heavy atom. The molecular formula is C16H25NO4. The second-order valence-corrected chi connectivity index (χ2v) is 6.82. The molecule has 2 unspecified atom stereocenters. The van der Waals surface area contributed by atoms with Crippen molar-refractivity contribution in [2.24, 2.45) is 0 Å². The van der Waals surface area contributed by atoms with Crippen LogP contribution in [0.25, 0.3) is 0 Å². The van der Waals surface area contributed by atoms with Crippen molar-refractivity contribution in [1.29, 1.82) is 0 Å². The van der Waals surface area contributed by atoms with E-state index in [-0.39, 0.29) is 24.1 Å². The van der Waals surface area contributed by atoms with Gasteiger partial charge in [-0.15, -0.1) is 0 Å². The summed E-state index contributed by atoms with van der Waals surface area (Å²) in [4.78, 5) is 25.4. The van der Waals surface area contributed by atoms with Crippen LogP contribution in [0.3, 0.4) is 0 Å². The molecule has 2 heterocycles. The van der Waals surface area contributed by atoms with Crippen LogP contribution in [0.2, 0.25) is 0 Å². The fourth-order valence-electron chi connectivity index (χ4n) is 3.14. The molecule has 2 bridgehead atoms. The molecule has 0 radical (unpaired) electrons. The predicted octanol–water partition coefficient (Wildman–Crippen LogP) is 3.04. The summed E-state index contributed by atoms with van der Waals surface area (Å²) in [5.41, 5.74) is 0.796. The Labute approximate surface area is 126 Å². The molecule has 2 saturated heterocycles. The number of ether oxygens (including phenoxy) is 2. The molecule has 0 N–H and O–H groups in total. The van der Waals surface area contributed by atoms with Gasteiger partial charge in [-0.25, -0.2) is 4.79 Å². The quantitative estimate of drug-likeness (QED) is 0.580. The maximum Gasteiger partial charge on any atom is 0.410 e. The lowest BCUT2D eigenvalue weighted by atomic mass is 9.96. The zero-order chi connectivity index (χ0) is 15.6. The fraction of sp³-hybridized carbons (Fsp3) is 0.750. The van der Waals surface area contributed by atoms with Crippen molar-refractivity contribution in [2.45, 2.75) is 70.6 Å². The molecular weight excluding hydrogens is 270 g/mol. The normalized spacial score (nSPS) is 24.8. The highest BCUT2D eigenvalue weighted by Crippen LogP contribution is 2.39. The SMILES string of the molecule is COC(=O)CC=C1CC2CCC(C1)N2C(=O)OC(C)(C)C. The van der Waals surface area contributed by atoms with Crippen LogP contribution in [0.1, 0.15) is 52.9 Å². The van der Waals surface area contributed by atoms with Crippen LogP contribution < -0.4 is 0 Å². The molecule has 2 rings (SSSR count). The minimum Gasteiger partial charge on any atom is -0.469 e. The van der Waals surface area contributed by atoms with E-state index in [1.54, 1.807) is 0 Å². The van der Waals surface area contributed by atoms with Gasteiger partial charge in [0.1, 0.15) is 5.60 Å². The van der Waals surface area contributed by atoms with Gasteiger partial charge in [0.05, 0.1) is 13.5 Å². The number of amides is 1. The highest BCUT2D eigenvalue weighted by atomic mass is 16.6. The first-order valence-corrected chi connectivity index (χ1v) is 7.56. The summed E-state index contributed by atoms with van der Waals surface area (Å²) in [7, 11) is 1.40. The first kappa shape index (κ1) is 15.9. The van der Waals surface area contributed by atoms with Gasteiger partial charge in [0, 0.05) is 12.1 Å². The lowest BCUT2D eigenvalue weighted by Gasteiger charge is -2.37. The van der Waals surface area contributed by atoms with Crippen molar-refractivity contribution in [2.75, 3.05) is 7.11 Å². The van der Waals surface area contributed by atoms with Crippen LogP contribution in [0.15, 0.2) is 11.6 Å². The highest BCUT2D eigenvalue weighted by Gasteiger charge is 2.42. The van der Waals surface area contributed by atoms with Crippen molar-refractivity contribution in [3.8, 4) is 0 Å². The molecule has 118 valence electrons. The molecule has 21 heavy (non-hydrogen) atoms. The Bertz CT molecular complexity index is 434. The van der Waals surface area contributed by atoms with Gasteiger partial charge in [-0.2, -0.15) is 0 Å². The first-order chi connectivity index (χ1) is 9.80. The molecule has 2 fully saturated rings. The third-order valence-corrected chi connectivity index (χ3v) is 4.00. The Kier molecular flexibility index (Phi) is 4.59. The molecule has 0 aromatic heterocycles. The van der Waals surface area contributed by atoms with E-state index in [0.717, 1.165) is 25.7 Å². The monoisotopic (exact) mass is 295 g/mol. The van der Waals surface area contributed by atoms with Gasteiger partial charge in [-0.05, 0) is 46.5 Å². The van der Waals surface area contributed by atoms with Crippen molar-refractivity contribution in [1.82, 2.24) is 4.90 Å². The maximum absolute atomic E-state index is 12.3. The molecule has 0 spiro atoms. The zero-order valence-electron chi connectivity index (χ0n) is 13.3. The molecule has 1 amide bonds. The largest absolute Gasteiger partial charge is 0.469 e. The molecule has 0 saturated carbocycles. The maximum atomic E-state index is 12.3. The smallest absolute Gasteiger partial charge is 0.410 e. The van der Waals surface area contributed by atoms with E-state index >= 15 is 0 Å². The minimum absolute atomic E-state index is 0.206. The number of hydrogen-bond donors (Lipinski definition) is 0. The molecule has 0 aromatic carbocycles. The van der Waals surface area contributed by atoms with E-state index in [1.165, 1.54) is 12.7 Å². The molecule has 5 heteroatoms. The zero-order valence-corrected chi connectivity index (χ0v) is 13.3. The Balaban J connectivity index is 1.99. The third kappa shape index (κ3) is 3.99. The number of hydrogen-bond acceptors (Lipinski definition) is 4. The van der Waals surface area contributed by atoms with Gasteiger partial charge in [0.25, 0.3) is 0 Å². The summed E-state index contributed by atoms with van der Waals surface area (Å²) in [5.74, 6) is -0.218. The van der Waals surface area contributed by atoms with Crippen molar-refractivity contribution >= 4 is 12.1 Å². The summed E-state index contributed by atoms with van der Waals surface area (Å²) in [6, 6.07) is 0.421. The number of carbonyl (C=O) groups is 2. The number of fused-ring (bicyclic) bond motifs is 2. The van der Waals surface area contributed by atoms with Crippen LogP contribution in [-0.2, 0) is 14.3 Å². The van der Waals surface area contributed by atoms with E-state index in [2.05, 4.69) is 4.74 Å². The van der Waals surface area contributed by atoms with E-state index in [1.807, 2.05) is 31.7 Å². The summed E-state index contributed by atoms with van der Waals surface area (Å²) < 4.78 is 10.2. The van der Waals surface area contributed by atoms with Crippen molar-refractivity contribution in [3.05, 3.63) is 11.6 Å². The predicted molar refractivity (Wildman–Crippen MR) is 78.8 cm³/mol. The summed E-state index contributed by atoms with van der Waals surface area (Å²) in [6.07, 6.45) is 5.78. The van der Waals surface area contributed by atoms with Gasteiger partial charge < -0.3 is 14.4 Å². The summed E-state index contributed by atoms with van der Waals surface area (Å²) in [6.45, 7) is 5.66. The number of methoxy groups -OCH3 is 1. The van der Waals surface area contributed by atoms with E-state index in [9.17, 15) is 9.59 Å². The number of esters is 1. The third-order valence-electron chi connectivity index (χ3n) is 4.00. The molecule has 0 aromatic rings. The van der Waals surface area contributed by atoms with Crippen molar-refractivity contribution in [3.63, 3.8) is 0 Å². The number of carbonyl (C=O) groups excluding carboxylic acids is 2. The van der Waals surface area contributed by atoms with Crippen LogP contribution >= 0.6 is 0 Å². The molecule has 2 aliphatic rings. The van der Waals surface area contributed by atoms with Crippen LogP contribution in [0, 0.1) is 0 Å².